The summed E-state index contributed by atoms with van der Waals surface area (Å²) in [6.07, 6.45) is -3.07. The predicted molar refractivity (Wildman–Crippen MR) is 112 cm³/mol. The van der Waals surface area contributed by atoms with Gasteiger partial charge in [0.1, 0.15) is 11.6 Å². The maximum Gasteiger partial charge on any atom is 0.573 e. The fourth-order valence-electron chi connectivity index (χ4n) is 4.11. The number of piperidine rings is 1. The van der Waals surface area contributed by atoms with Gasteiger partial charge in [0.25, 0.3) is 0 Å². The van der Waals surface area contributed by atoms with Crippen LogP contribution in [0.4, 0.5) is 27.2 Å². The molecule has 0 aromatic heterocycles. The number of carbonyl (C=O) groups is 3. The van der Waals surface area contributed by atoms with Gasteiger partial charge < -0.3 is 30.5 Å². The van der Waals surface area contributed by atoms with Gasteiger partial charge in [0.05, 0.1) is 12.0 Å². The second-order valence-electron chi connectivity index (χ2n) is 8.26. The minimum Gasteiger partial charge on any atom is -0.406 e. The van der Waals surface area contributed by atoms with Gasteiger partial charge in [-0.25, -0.2) is 14.0 Å². The molecule has 1 saturated heterocycles. The summed E-state index contributed by atoms with van der Waals surface area (Å²) in [5.74, 6) is -2.40. The molecule has 13 heteroatoms. The van der Waals surface area contributed by atoms with E-state index >= 15 is 0 Å². The number of alkyl halides is 3. The Morgan fingerprint density at radius 1 is 1.12 bits per heavy atom. The Morgan fingerprint density at radius 2 is 1.82 bits per heavy atom. The number of urea groups is 2. The van der Waals surface area contributed by atoms with Crippen molar-refractivity contribution < 1.29 is 36.7 Å². The molecule has 1 aliphatic carbocycles. The third kappa shape index (κ3) is 6.41. The number of benzene rings is 1. The molecule has 34 heavy (non-hydrogen) atoms. The number of nitrogens with zero attached hydrogens (tertiary/aromatic N) is 2. The summed E-state index contributed by atoms with van der Waals surface area (Å²) in [5.41, 5.74) is -0.0162. The molecule has 0 radical (unpaired) electrons. The van der Waals surface area contributed by atoms with Crippen molar-refractivity contribution in [3.8, 4) is 5.75 Å². The highest BCUT2D eigenvalue weighted by atomic mass is 19.4. The Kier molecular flexibility index (Phi) is 7.72. The molecular formula is C21H27F4N5O4. The van der Waals surface area contributed by atoms with Crippen LogP contribution in [0.1, 0.15) is 24.8 Å². The monoisotopic (exact) mass is 489 g/mol. The molecule has 2 atom stereocenters. The molecule has 1 saturated carbocycles. The van der Waals surface area contributed by atoms with Crippen LogP contribution in [0.5, 0.6) is 5.75 Å². The van der Waals surface area contributed by atoms with E-state index in [9.17, 15) is 31.9 Å². The second kappa shape index (κ2) is 10.3. The summed E-state index contributed by atoms with van der Waals surface area (Å²) in [5, 5.41) is 7.72. The predicted octanol–water partition coefficient (Wildman–Crippen LogP) is 2.17. The van der Waals surface area contributed by atoms with Gasteiger partial charge >= 0.3 is 18.4 Å². The van der Waals surface area contributed by atoms with Gasteiger partial charge in [0.2, 0.25) is 5.91 Å². The number of halogens is 4. The molecule has 5 amide bonds. The number of amides is 5. The molecule has 9 nitrogen and oxygen atoms in total. The van der Waals surface area contributed by atoms with Crippen LogP contribution in [0.2, 0.25) is 0 Å². The third-order valence-electron chi connectivity index (χ3n) is 5.80. The summed E-state index contributed by atoms with van der Waals surface area (Å²) >= 11 is 0. The van der Waals surface area contributed by atoms with Gasteiger partial charge in [-0.1, -0.05) is 6.07 Å². The minimum atomic E-state index is -4.94. The van der Waals surface area contributed by atoms with Crippen molar-refractivity contribution in [2.24, 2.45) is 5.92 Å². The summed E-state index contributed by atoms with van der Waals surface area (Å²) < 4.78 is 54.9. The van der Waals surface area contributed by atoms with E-state index in [0.717, 1.165) is 25.0 Å². The van der Waals surface area contributed by atoms with Crippen molar-refractivity contribution >= 4 is 18.0 Å². The highest BCUT2D eigenvalue weighted by Gasteiger charge is 2.43. The molecule has 1 aromatic rings. The molecule has 0 spiro atoms. The number of hydrogen-bond donors (Lipinski definition) is 3. The zero-order chi connectivity index (χ0) is 25.0. The molecule has 2 aliphatic rings. The first-order chi connectivity index (χ1) is 16.0. The zero-order valence-corrected chi connectivity index (χ0v) is 18.7. The van der Waals surface area contributed by atoms with E-state index in [2.05, 4.69) is 20.7 Å². The van der Waals surface area contributed by atoms with Gasteiger partial charge in [0.15, 0.2) is 0 Å². The highest BCUT2D eigenvalue weighted by Crippen LogP contribution is 2.33. The van der Waals surface area contributed by atoms with E-state index in [0.29, 0.717) is 12.5 Å². The largest absolute Gasteiger partial charge is 0.573 e. The van der Waals surface area contributed by atoms with E-state index < -0.39 is 35.9 Å². The third-order valence-corrected chi connectivity index (χ3v) is 5.80. The molecular weight excluding hydrogens is 462 g/mol. The van der Waals surface area contributed by atoms with Crippen molar-refractivity contribution in [3.63, 3.8) is 0 Å². The van der Waals surface area contributed by atoms with Gasteiger partial charge in [-0.15, -0.1) is 13.2 Å². The Bertz CT molecular complexity index is 901. The van der Waals surface area contributed by atoms with Crippen molar-refractivity contribution in [3.05, 3.63) is 29.6 Å². The number of rotatable bonds is 6. The molecule has 3 N–H and O–H groups in total. The van der Waals surface area contributed by atoms with Crippen molar-refractivity contribution in [2.45, 2.75) is 44.3 Å². The fraction of sp³-hybridized carbons (Fsp3) is 0.571. The average Bonchev–Trinajstić information content (AvgIpc) is 3.61. The van der Waals surface area contributed by atoms with Crippen LogP contribution < -0.4 is 20.7 Å². The smallest absolute Gasteiger partial charge is 0.406 e. The van der Waals surface area contributed by atoms with E-state index in [4.69, 9.17) is 0 Å². The number of carbonyl (C=O) groups excluding carboxylic acids is 3. The maximum absolute atomic E-state index is 14.3. The summed E-state index contributed by atoms with van der Waals surface area (Å²) in [6, 6.07) is 1.29. The number of nitrogens with one attached hydrogen (secondary N) is 3. The lowest BCUT2D eigenvalue weighted by atomic mass is 9.92. The van der Waals surface area contributed by atoms with E-state index in [1.807, 2.05) is 0 Å². The second-order valence-corrected chi connectivity index (χ2v) is 8.26. The molecule has 1 aliphatic heterocycles. The lowest BCUT2D eigenvalue weighted by Gasteiger charge is -2.42. The van der Waals surface area contributed by atoms with Crippen LogP contribution in [-0.2, 0) is 11.3 Å². The molecule has 3 rings (SSSR count). The van der Waals surface area contributed by atoms with Crippen molar-refractivity contribution in [2.75, 3.05) is 27.2 Å². The lowest BCUT2D eigenvalue weighted by molar-refractivity contribution is -0.274. The molecule has 0 bridgehead atoms. The SMILES string of the molecule is CNC(=O)C1CC(N(C(=O)NCc2ccc(OC(F)(F)F)cc2F)C2CC2)CN(C(=O)NC)C1. The summed E-state index contributed by atoms with van der Waals surface area (Å²) in [6.45, 7) is 0.188. The van der Waals surface area contributed by atoms with Gasteiger partial charge in [0, 0.05) is 51.4 Å². The molecule has 2 unspecified atom stereocenters. The van der Waals surface area contributed by atoms with E-state index in [-0.39, 0.29) is 43.2 Å². The Hall–Kier alpha value is -3.25. The first-order valence-corrected chi connectivity index (χ1v) is 10.8. The Morgan fingerprint density at radius 3 is 2.38 bits per heavy atom. The molecule has 1 heterocycles. The van der Waals surface area contributed by atoms with Gasteiger partial charge in [-0.2, -0.15) is 0 Å². The molecule has 2 fully saturated rings. The maximum atomic E-state index is 14.3. The van der Waals surface area contributed by atoms with Crippen molar-refractivity contribution in [1.82, 2.24) is 25.8 Å². The van der Waals surface area contributed by atoms with Crippen LogP contribution in [0.3, 0.4) is 0 Å². The first kappa shape index (κ1) is 25.4. The van der Waals surface area contributed by atoms with Crippen LogP contribution >= 0.6 is 0 Å². The number of hydrogen-bond acceptors (Lipinski definition) is 4. The lowest BCUT2D eigenvalue weighted by Crippen LogP contribution is -2.59. The zero-order valence-electron chi connectivity index (χ0n) is 18.7. The topological polar surface area (TPSA) is 103 Å². The van der Waals surface area contributed by atoms with E-state index in [1.165, 1.54) is 19.0 Å². The average molecular weight is 489 g/mol. The minimum absolute atomic E-state index is 0.0162. The Balaban J connectivity index is 1.70. The van der Waals surface area contributed by atoms with Crippen LogP contribution in [-0.4, -0.2) is 73.4 Å². The highest BCUT2D eigenvalue weighted by molar-refractivity contribution is 5.81. The summed E-state index contributed by atoms with van der Waals surface area (Å²) in [4.78, 5) is 40.7. The normalized spacial score (nSPS) is 20.4. The van der Waals surface area contributed by atoms with Crippen LogP contribution in [0.25, 0.3) is 0 Å². The van der Waals surface area contributed by atoms with E-state index in [1.54, 1.807) is 4.90 Å². The molecule has 1 aromatic carbocycles. The summed E-state index contributed by atoms with van der Waals surface area (Å²) in [7, 11) is 2.98. The first-order valence-electron chi connectivity index (χ1n) is 10.8. The van der Waals surface area contributed by atoms with Crippen LogP contribution in [0, 0.1) is 11.7 Å². The number of ether oxygens (including phenoxy) is 1. The van der Waals surface area contributed by atoms with Crippen LogP contribution in [0.15, 0.2) is 18.2 Å². The Labute approximate surface area is 193 Å². The number of likely N-dealkylation sites (tertiary alicyclic amines) is 1. The van der Waals surface area contributed by atoms with Gasteiger partial charge in [-0.3, -0.25) is 4.79 Å². The molecule has 188 valence electrons. The quantitative estimate of drug-likeness (QED) is 0.533. The van der Waals surface area contributed by atoms with Crippen molar-refractivity contribution in [1.29, 1.82) is 0 Å². The fourth-order valence-corrected chi connectivity index (χ4v) is 4.11. The standard InChI is InChI=1S/C21H27F4N5O4/c1-26-18(31)13-7-15(11-29(10-13)19(32)27-2)30(14-4-5-14)20(33)28-9-12-3-6-16(8-17(12)22)34-21(23,24)25/h3,6,8,13-15H,4-5,7,9-11H2,1-2H3,(H,26,31)(H,27,32)(H,28,33). The van der Waals surface area contributed by atoms with Gasteiger partial charge in [-0.05, 0) is 25.3 Å².